The summed E-state index contributed by atoms with van der Waals surface area (Å²) in [5.74, 6) is 0. The second-order valence-corrected chi connectivity index (χ2v) is 6.77. The number of hydrogen-bond donors (Lipinski definition) is 1. The topological polar surface area (TPSA) is 39.6 Å². The Morgan fingerprint density at radius 3 is 2.46 bits per heavy atom. The van der Waals surface area contributed by atoms with Gasteiger partial charge in [-0.15, -0.1) is 0 Å². The van der Waals surface area contributed by atoms with Gasteiger partial charge in [-0.25, -0.2) is 0 Å². The highest BCUT2D eigenvalue weighted by Crippen LogP contribution is 2.20. The molecule has 0 bridgehead atoms. The number of β-amino-alcohol motifs (C(OH)–C–C–N with tert-alkyl or cyclic N) is 1. The molecule has 1 N–H and O–H groups in total. The fourth-order valence-corrected chi connectivity index (χ4v) is 3.39. The molecule has 2 aromatic rings. The number of pyridine rings is 1. The monoisotopic (exact) mass is 325 g/mol. The van der Waals surface area contributed by atoms with Gasteiger partial charge in [0.25, 0.3) is 0 Å². The third-order valence-electron chi connectivity index (χ3n) is 4.79. The smallest absolute Gasteiger partial charge is 0.0919 e. The van der Waals surface area contributed by atoms with E-state index in [1.807, 2.05) is 18.3 Å². The predicted octanol–water partition coefficient (Wildman–Crippen LogP) is 2.55. The summed E-state index contributed by atoms with van der Waals surface area (Å²) >= 11 is 0. The van der Waals surface area contributed by atoms with Crippen LogP contribution in [-0.4, -0.2) is 52.6 Å². The molecule has 24 heavy (non-hydrogen) atoms. The normalized spacial score (nSPS) is 17.8. The highest BCUT2D eigenvalue weighted by Gasteiger charge is 2.20. The summed E-state index contributed by atoms with van der Waals surface area (Å²) in [7, 11) is 0. The maximum Gasteiger partial charge on any atom is 0.0919 e. The highest BCUT2D eigenvalue weighted by atomic mass is 16.3. The summed E-state index contributed by atoms with van der Waals surface area (Å²) in [6, 6.07) is 12.4. The number of hydrogen-bond acceptors (Lipinski definition) is 4. The van der Waals surface area contributed by atoms with Crippen LogP contribution in [0.2, 0.25) is 0 Å². The van der Waals surface area contributed by atoms with Crippen molar-refractivity contribution in [3.8, 4) is 0 Å². The molecule has 1 saturated heterocycles. The van der Waals surface area contributed by atoms with E-state index in [1.165, 1.54) is 11.1 Å². The molecule has 0 radical (unpaired) electrons. The Balaban J connectivity index is 1.50. The molecule has 0 aliphatic carbocycles. The van der Waals surface area contributed by atoms with Gasteiger partial charge in [-0.05, 0) is 37.1 Å². The molecule has 3 rings (SSSR count). The maximum absolute atomic E-state index is 10.6. The van der Waals surface area contributed by atoms with E-state index in [1.54, 1.807) is 0 Å². The van der Waals surface area contributed by atoms with Crippen LogP contribution in [0.15, 0.2) is 42.6 Å². The first-order chi connectivity index (χ1) is 11.6. The number of nitrogens with zero attached hydrogens (tertiary/aromatic N) is 3. The van der Waals surface area contributed by atoms with Crippen molar-refractivity contribution in [2.24, 2.45) is 0 Å². The van der Waals surface area contributed by atoms with Gasteiger partial charge in [0.2, 0.25) is 0 Å². The predicted molar refractivity (Wildman–Crippen MR) is 96.8 cm³/mol. The van der Waals surface area contributed by atoms with Gasteiger partial charge in [-0.2, -0.15) is 0 Å². The lowest BCUT2D eigenvalue weighted by molar-refractivity contribution is 0.0694. The van der Waals surface area contributed by atoms with Crippen LogP contribution in [0.5, 0.6) is 0 Å². The van der Waals surface area contributed by atoms with Crippen LogP contribution >= 0.6 is 0 Å². The molecule has 1 aromatic heterocycles. The summed E-state index contributed by atoms with van der Waals surface area (Å²) in [6.45, 7) is 9.83. The Labute approximate surface area is 144 Å². The van der Waals surface area contributed by atoms with Crippen LogP contribution in [0.4, 0.5) is 0 Å². The van der Waals surface area contributed by atoms with Crippen molar-refractivity contribution >= 4 is 0 Å². The number of piperazine rings is 1. The molecule has 1 aliphatic rings. The van der Waals surface area contributed by atoms with Crippen LogP contribution in [0, 0.1) is 13.8 Å². The van der Waals surface area contributed by atoms with Crippen LogP contribution < -0.4 is 0 Å². The molecule has 1 aliphatic heterocycles. The van der Waals surface area contributed by atoms with Crippen LogP contribution in [-0.2, 0) is 6.54 Å². The van der Waals surface area contributed by atoms with Crippen molar-refractivity contribution < 1.29 is 5.11 Å². The van der Waals surface area contributed by atoms with Crippen molar-refractivity contribution in [3.63, 3.8) is 0 Å². The first-order valence-electron chi connectivity index (χ1n) is 8.71. The molecule has 0 unspecified atom stereocenters. The van der Waals surface area contributed by atoms with E-state index in [2.05, 4.69) is 52.9 Å². The third-order valence-corrected chi connectivity index (χ3v) is 4.79. The maximum atomic E-state index is 10.6. The van der Waals surface area contributed by atoms with E-state index in [-0.39, 0.29) is 0 Å². The molecule has 4 nitrogen and oxygen atoms in total. The van der Waals surface area contributed by atoms with Gasteiger partial charge in [0.05, 0.1) is 11.8 Å². The lowest BCUT2D eigenvalue weighted by Crippen LogP contribution is -2.47. The fourth-order valence-electron chi connectivity index (χ4n) is 3.39. The molecule has 0 spiro atoms. The zero-order valence-electron chi connectivity index (χ0n) is 14.7. The average molecular weight is 325 g/mol. The molecule has 1 aromatic carbocycles. The van der Waals surface area contributed by atoms with Crippen LogP contribution in [0.25, 0.3) is 0 Å². The van der Waals surface area contributed by atoms with Crippen molar-refractivity contribution in [3.05, 3.63) is 65.0 Å². The second-order valence-electron chi connectivity index (χ2n) is 6.77. The minimum Gasteiger partial charge on any atom is -0.387 e. The highest BCUT2D eigenvalue weighted by molar-refractivity contribution is 5.32. The zero-order chi connectivity index (χ0) is 16.9. The van der Waals surface area contributed by atoms with Gasteiger partial charge in [-0.3, -0.25) is 14.8 Å². The average Bonchev–Trinajstić information content (AvgIpc) is 2.57. The lowest BCUT2D eigenvalue weighted by Gasteiger charge is -2.35. The number of aromatic nitrogens is 1. The number of aliphatic hydroxyl groups excluding tert-OH is 1. The Morgan fingerprint density at radius 1 is 1.04 bits per heavy atom. The molecule has 1 atom stereocenters. The zero-order valence-corrected chi connectivity index (χ0v) is 14.7. The van der Waals surface area contributed by atoms with Crippen LogP contribution in [0.3, 0.4) is 0 Å². The van der Waals surface area contributed by atoms with Crippen molar-refractivity contribution in [2.75, 3.05) is 32.7 Å². The van der Waals surface area contributed by atoms with E-state index in [4.69, 9.17) is 0 Å². The molecule has 4 heteroatoms. The fraction of sp³-hybridized carbons (Fsp3) is 0.450. The van der Waals surface area contributed by atoms with E-state index in [0.717, 1.165) is 44.0 Å². The van der Waals surface area contributed by atoms with Gasteiger partial charge < -0.3 is 5.11 Å². The standard InChI is InChI=1S/C20H27N3O/c1-16-6-7-19(17(2)13-16)20(24)15-23-11-9-22(10-12-23)14-18-5-3-4-8-21-18/h3-8,13,20,24H,9-12,14-15H2,1-2H3/t20-/m0/s1. The molecule has 0 saturated carbocycles. The molecule has 1 fully saturated rings. The van der Waals surface area contributed by atoms with Crippen LogP contribution in [0.1, 0.15) is 28.5 Å². The van der Waals surface area contributed by atoms with E-state index in [9.17, 15) is 5.11 Å². The third kappa shape index (κ3) is 4.41. The molecule has 0 amide bonds. The Bertz CT molecular complexity index is 651. The van der Waals surface area contributed by atoms with Gasteiger partial charge in [-0.1, -0.05) is 29.8 Å². The molecule has 128 valence electrons. The lowest BCUT2D eigenvalue weighted by atomic mass is 10.0. The Morgan fingerprint density at radius 2 is 1.79 bits per heavy atom. The quantitative estimate of drug-likeness (QED) is 0.917. The SMILES string of the molecule is Cc1ccc([C@@H](O)CN2CCN(Cc3ccccn3)CC2)c(C)c1. The van der Waals surface area contributed by atoms with Crippen molar-refractivity contribution in [2.45, 2.75) is 26.5 Å². The Kier molecular flexibility index (Phi) is 5.61. The summed E-state index contributed by atoms with van der Waals surface area (Å²) < 4.78 is 0. The number of benzene rings is 1. The summed E-state index contributed by atoms with van der Waals surface area (Å²) in [4.78, 5) is 9.19. The minimum absolute atomic E-state index is 0.409. The number of aliphatic hydroxyl groups is 1. The number of rotatable bonds is 5. The van der Waals surface area contributed by atoms with Gasteiger partial charge in [0.15, 0.2) is 0 Å². The minimum atomic E-state index is -0.409. The van der Waals surface area contributed by atoms with E-state index >= 15 is 0 Å². The summed E-state index contributed by atoms with van der Waals surface area (Å²) in [5, 5.41) is 10.6. The molecule has 2 heterocycles. The molecular weight excluding hydrogens is 298 g/mol. The van der Waals surface area contributed by atoms with E-state index in [0.29, 0.717) is 6.54 Å². The Hall–Kier alpha value is -1.75. The largest absolute Gasteiger partial charge is 0.387 e. The van der Waals surface area contributed by atoms with Gasteiger partial charge in [0, 0.05) is 45.5 Å². The summed E-state index contributed by atoms with van der Waals surface area (Å²) in [5.41, 5.74) is 4.60. The van der Waals surface area contributed by atoms with Crippen molar-refractivity contribution in [1.29, 1.82) is 0 Å². The van der Waals surface area contributed by atoms with Crippen molar-refractivity contribution in [1.82, 2.24) is 14.8 Å². The summed E-state index contributed by atoms with van der Waals surface area (Å²) in [6.07, 6.45) is 1.44. The first kappa shape index (κ1) is 17.1. The van der Waals surface area contributed by atoms with Gasteiger partial charge in [0.1, 0.15) is 0 Å². The number of aryl methyl sites for hydroxylation is 2. The first-order valence-corrected chi connectivity index (χ1v) is 8.71. The second kappa shape index (κ2) is 7.88. The van der Waals surface area contributed by atoms with Gasteiger partial charge >= 0.3 is 0 Å². The molecular formula is C20H27N3O. The van der Waals surface area contributed by atoms with E-state index < -0.39 is 6.10 Å².